The van der Waals surface area contributed by atoms with Gasteiger partial charge in [-0.1, -0.05) is 13.3 Å². The molecule has 88 valence electrons. The lowest BCUT2D eigenvalue weighted by molar-refractivity contribution is -0.144. The van der Waals surface area contributed by atoms with E-state index in [0.717, 1.165) is 32.5 Å². The van der Waals surface area contributed by atoms with E-state index in [1.165, 1.54) is 0 Å². The Morgan fingerprint density at radius 1 is 1.53 bits per heavy atom. The molecule has 15 heavy (non-hydrogen) atoms. The molecular weight excluding hydrogens is 192 g/mol. The lowest BCUT2D eigenvalue weighted by Crippen LogP contribution is -2.55. The molecule has 0 aromatic carbocycles. The Labute approximate surface area is 91.9 Å². The number of carboxylic acid groups (broad SMARTS) is 1. The third-order valence-electron chi connectivity index (χ3n) is 3.28. The number of piperazine rings is 1. The fraction of sp³-hybridized carbons (Fsp3) is 0.909. The third kappa shape index (κ3) is 3.18. The van der Waals surface area contributed by atoms with Crippen LogP contribution < -0.4 is 0 Å². The Balaban J connectivity index is 2.57. The summed E-state index contributed by atoms with van der Waals surface area (Å²) >= 11 is 0. The molecule has 2 atom stereocenters. The van der Waals surface area contributed by atoms with Crippen LogP contribution in [0.5, 0.6) is 0 Å². The van der Waals surface area contributed by atoms with Gasteiger partial charge in [-0.15, -0.1) is 0 Å². The van der Waals surface area contributed by atoms with Crippen LogP contribution in [0.25, 0.3) is 0 Å². The molecule has 0 bridgehead atoms. The molecule has 0 spiro atoms. The average molecular weight is 214 g/mol. The SMILES string of the molecule is CCCC(C(=O)O)N1CCN(C)C(C)C1. The summed E-state index contributed by atoms with van der Waals surface area (Å²) in [6.45, 7) is 6.90. The van der Waals surface area contributed by atoms with E-state index in [1.807, 2.05) is 6.92 Å². The van der Waals surface area contributed by atoms with Crippen LogP contribution in [-0.2, 0) is 4.79 Å². The molecule has 1 rings (SSSR count). The lowest BCUT2D eigenvalue weighted by Gasteiger charge is -2.40. The highest BCUT2D eigenvalue weighted by Crippen LogP contribution is 2.14. The maximum Gasteiger partial charge on any atom is 0.320 e. The normalized spacial score (nSPS) is 26.5. The maximum absolute atomic E-state index is 11.1. The van der Waals surface area contributed by atoms with Gasteiger partial charge < -0.3 is 10.0 Å². The second-order valence-electron chi connectivity index (χ2n) is 4.47. The number of aliphatic carboxylic acids is 1. The summed E-state index contributed by atoms with van der Waals surface area (Å²) in [5, 5.41) is 9.15. The van der Waals surface area contributed by atoms with Gasteiger partial charge in [0, 0.05) is 25.7 Å². The minimum Gasteiger partial charge on any atom is -0.480 e. The van der Waals surface area contributed by atoms with Crippen molar-refractivity contribution < 1.29 is 9.90 Å². The molecule has 1 saturated heterocycles. The third-order valence-corrected chi connectivity index (χ3v) is 3.28. The molecule has 0 saturated carbocycles. The van der Waals surface area contributed by atoms with E-state index < -0.39 is 5.97 Å². The second kappa shape index (κ2) is 5.47. The summed E-state index contributed by atoms with van der Waals surface area (Å²) < 4.78 is 0. The molecule has 1 heterocycles. The van der Waals surface area contributed by atoms with Crippen LogP contribution in [0.15, 0.2) is 0 Å². The second-order valence-corrected chi connectivity index (χ2v) is 4.47. The van der Waals surface area contributed by atoms with Crippen molar-refractivity contribution in [2.75, 3.05) is 26.7 Å². The molecule has 1 fully saturated rings. The molecule has 2 unspecified atom stereocenters. The van der Waals surface area contributed by atoms with Crippen molar-refractivity contribution in [1.29, 1.82) is 0 Å². The van der Waals surface area contributed by atoms with Gasteiger partial charge in [-0.25, -0.2) is 0 Å². The highest BCUT2D eigenvalue weighted by molar-refractivity contribution is 5.73. The largest absolute Gasteiger partial charge is 0.480 e. The van der Waals surface area contributed by atoms with Crippen molar-refractivity contribution in [3.05, 3.63) is 0 Å². The molecule has 1 N–H and O–H groups in total. The van der Waals surface area contributed by atoms with Gasteiger partial charge in [-0.2, -0.15) is 0 Å². The van der Waals surface area contributed by atoms with E-state index in [0.29, 0.717) is 6.04 Å². The summed E-state index contributed by atoms with van der Waals surface area (Å²) in [4.78, 5) is 15.5. The molecule has 1 aliphatic rings. The van der Waals surface area contributed by atoms with Gasteiger partial charge in [0.25, 0.3) is 0 Å². The van der Waals surface area contributed by atoms with Gasteiger partial charge in [-0.3, -0.25) is 9.69 Å². The highest BCUT2D eigenvalue weighted by atomic mass is 16.4. The van der Waals surface area contributed by atoms with E-state index in [9.17, 15) is 4.79 Å². The Morgan fingerprint density at radius 2 is 2.20 bits per heavy atom. The first-order chi connectivity index (χ1) is 7.06. The number of rotatable bonds is 4. The number of likely N-dealkylation sites (N-methyl/N-ethyl adjacent to an activating group) is 1. The van der Waals surface area contributed by atoms with E-state index in [4.69, 9.17) is 5.11 Å². The first kappa shape index (κ1) is 12.5. The highest BCUT2D eigenvalue weighted by Gasteiger charge is 2.29. The number of hydrogen-bond acceptors (Lipinski definition) is 3. The van der Waals surface area contributed by atoms with Crippen molar-refractivity contribution in [2.45, 2.75) is 38.8 Å². The minimum absolute atomic E-state index is 0.286. The molecule has 0 aliphatic carbocycles. The van der Waals surface area contributed by atoms with Gasteiger partial charge >= 0.3 is 5.97 Å². The maximum atomic E-state index is 11.1. The monoisotopic (exact) mass is 214 g/mol. The quantitative estimate of drug-likeness (QED) is 0.754. The number of hydrogen-bond donors (Lipinski definition) is 1. The van der Waals surface area contributed by atoms with E-state index >= 15 is 0 Å². The standard InChI is InChI=1S/C11H22N2O2/c1-4-5-10(11(14)15)13-7-6-12(3)9(2)8-13/h9-10H,4-8H2,1-3H3,(H,14,15). The molecule has 0 amide bonds. The van der Waals surface area contributed by atoms with Gasteiger partial charge in [0.15, 0.2) is 0 Å². The number of carboxylic acids is 1. The summed E-state index contributed by atoms with van der Waals surface area (Å²) in [5.41, 5.74) is 0. The molecule has 4 heteroatoms. The van der Waals surface area contributed by atoms with Crippen LogP contribution in [0.3, 0.4) is 0 Å². The smallest absolute Gasteiger partial charge is 0.320 e. The van der Waals surface area contributed by atoms with Crippen molar-refractivity contribution in [1.82, 2.24) is 9.80 Å². The number of carbonyl (C=O) groups is 1. The fourth-order valence-electron chi connectivity index (χ4n) is 2.10. The van der Waals surface area contributed by atoms with Crippen LogP contribution in [0, 0.1) is 0 Å². The summed E-state index contributed by atoms with van der Waals surface area (Å²) in [5.74, 6) is -0.673. The summed E-state index contributed by atoms with van der Waals surface area (Å²) in [7, 11) is 2.09. The van der Waals surface area contributed by atoms with Crippen molar-refractivity contribution in [2.24, 2.45) is 0 Å². The number of nitrogens with zero attached hydrogens (tertiary/aromatic N) is 2. The van der Waals surface area contributed by atoms with Gasteiger partial charge in [0.1, 0.15) is 6.04 Å². The Morgan fingerprint density at radius 3 is 2.67 bits per heavy atom. The van der Waals surface area contributed by atoms with Crippen LogP contribution in [0.2, 0.25) is 0 Å². The first-order valence-electron chi connectivity index (χ1n) is 5.73. The van der Waals surface area contributed by atoms with Crippen molar-refractivity contribution >= 4 is 5.97 Å². The van der Waals surface area contributed by atoms with Crippen LogP contribution in [0.1, 0.15) is 26.7 Å². The van der Waals surface area contributed by atoms with Gasteiger partial charge in [0.05, 0.1) is 0 Å². The van der Waals surface area contributed by atoms with Crippen LogP contribution in [-0.4, -0.2) is 59.6 Å². The first-order valence-corrected chi connectivity index (χ1v) is 5.73. The van der Waals surface area contributed by atoms with Crippen molar-refractivity contribution in [3.63, 3.8) is 0 Å². The molecule has 0 radical (unpaired) electrons. The molecule has 0 aromatic heterocycles. The minimum atomic E-state index is -0.673. The Bertz CT molecular complexity index is 221. The fourth-order valence-corrected chi connectivity index (χ4v) is 2.10. The Hall–Kier alpha value is -0.610. The molecule has 1 aliphatic heterocycles. The van der Waals surface area contributed by atoms with Crippen molar-refractivity contribution in [3.8, 4) is 0 Å². The van der Waals surface area contributed by atoms with E-state index in [-0.39, 0.29) is 6.04 Å². The van der Waals surface area contributed by atoms with Gasteiger partial charge in [0.2, 0.25) is 0 Å². The zero-order valence-corrected chi connectivity index (χ0v) is 9.94. The molecule has 4 nitrogen and oxygen atoms in total. The average Bonchev–Trinajstić information content (AvgIpc) is 2.18. The summed E-state index contributed by atoms with van der Waals surface area (Å²) in [6, 6.07) is 0.170. The zero-order valence-electron chi connectivity index (χ0n) is 9.94. The van der Waals surface area contributed by atoms with Gasteiger partial charge in [-0.05, 0) is 20.4 Å². The lowest BCUT2D eigenvalue weighted by atomic mass is 10.1. The molecule has 0 aromatic rings. The summed E-state index contributed by atoms with van der Waals surface area (Å²) in [6.07, 6.45) is 1.68. The van der Waals surface area contributed by atoms with Crippen LogP contribution in [0.4, 0.5) is 0 Å². The topological polar surface area (TPSA) is 43.8 Å². The predicted molar refractivity (Wildman–Crippen MR) is 60.0 cm³/mol. The van der Waals surface area contributed by atoms with E-state index in [1.54, 1.807) is 0 Å². The Kier molecular flexibility index (Phi) is 4.54. The van der Waals surface area contributed by atoms with Crippen LogP contribution >= 0.6 is 0 Å². The predicted octanol–water partition coefficient (Wildman–Crippen LogP) is 0.876. The zero-order chi connectivity index (χ0) is 11.4. The van der Waals surface area contributed by atoms with E-state index in [2.05, 4.69) is 23.8 Å². The molecular formula is C11H22N2O2.